The Labute approximate surface area is 114 Å². The summed E-state index contributed by atoms with van der Waals surface area (Å²) in [5, 5.41) is 12.4. The first-order valence-electron chi connectivity index (χ1n) is 6.22. The average Bonchev–Trinajstić information content (AvgIpc) is 2.36. The van der Waals surface area contributed by atoms with E-state index < -0.39 is 0 Å². The molecule has 2 N–H and O–H groups in total. The van der Waals surface area contributed by atoms with Crippen molar-refractivity contribution < 1.29 is 14.6 Å². The Morgan fingerprint density at radius 2 is 2.16 bits per heavy atom. The lowest BCUT2D eigenvalue weighted by molar-refractivity contribution is -0.125. The first kappa shape index (κ1) is 15.3. The summed E-state index contributed by atoms with van der Waals surface area (Å²) in [5.74, 6) is 0.460. The maximum atomic E-state index is 11.9. The van der Waals surface area contributed by atoms with E-state index in [9.17, 15) is 9.90 Å². The Bertz CT molecular complexity index is 433. The van der Waals surface area contributed by atoms with Gasteiger partial charge in [-0.2, -0.15) is 0 Å². The van der Waals surface area contributed by atoms with Crippen LogP contribution in [0.3, 0.4) is 0 Å². The average molecular weight is 266 g/mol. The molecular formula is C14H22N2O3. The molecule has 106 valence electrons. The van der Waals surface area contributed by atoms with Crippen LogP contribution < -0.4 is 10.1 Å². The molecule has 0 heterocycles. The number of carbonyl (C=O) groups excluding carboxylic acids is 1. The van der Waals surface area contributed by atoms with Crippen molar-refractivity contribution in [2.24, 2.45) is 5.92 Å². The molecule has 0 spiro atoms. The highest BCUT2D eigenvalue weighted by Gasteiger charge is 2.13. The van der Waals surface area contributed by atoms with Crippen LogP contribution in [0, 0.1) is 5.92 Å². The Morgan fingerprint density at radius 3 is 2.74 bits per heavy atom. The lowest BCUT2D eigenvalue weighted by Gasteiger charge is -2.16. The largest absolute Gasteiger partial charge is 0.504 e. The zero-order chi connectivity index (χ0) is 14.4. The van der Waals surface area contributed by atoms with E-state index in [1.54, 1.807) is 18.2 Å². The van der Waals surface area contributed by atoms with E-state index in [4.69, 9.17) is 4.74 Å². The number of ether oxygens (including phenoxy) is 1. The second-order valence-corrected chi connectivity index (χ2v) is 4.89. The van der Waals surface area contributed by atoms with Crippen molar-refractivity contribution in [3.05, 3.63) is 23.8 Å². The van der Waals surface area contributed by atoms with Crippen molar-refractivity contribution >= 4 is 5.91 Å². The molecule has 19 heavy (non-hydrogen) atoms. The van der Waals surface area contributed by atoms with Gasteiger partial charge >= 0.3 is 0 Å². The summed E-state index contributed by atoms with van der Waals surface area (Å²) in [5.41, 5.74) is 0.889. The molecule has 1 unspecified atom stereocenters. The van der Waals surface area contributed by atoms with Gasteiger partial charge in [-0.15, -0.1) is 0 Å². The number of phenolic OH excluding ortho intramolecular Hbond substituents is 1. The highest BCUT2D eigenvalue weighted by molar-refractivity contribution is 5.78. The molecule has 1 aromatic rings. The zero-order valence-corrected chi connectivity index (χ0v) is 11.9. The number of nitrogens with zero attached hydrogens (tertiary/aromatic N) is 1. The SMILES string of the molecule is COc1cc(CNC(=O)C(C)CN(C)C)ccc1O. The summed E-state index contributed by atoms with van der Waals surface area (Å²) in [6, 6.07) is 5.03. The lowest BCUT2D eigenvalue weighted by atomic mass is 10.1. The van der Waals surface area contributed by atoms with Gasteiger partial charge in [0.25, 0.3) is 0 Å². The summed E-state index contributed by atoms with van der Waals surface area (Å²) < 4.78 is 5.02. The lowest BCUT2D eigenvalue weighted by Crippen LogP contribution is -2.34. The van der Waals surface area contributed by atoms with E-state index >= 15 is 0 Å². The number of hydrogen-bond donors (Lipinski definition) is 2. The molecule has 0 fully saturated rings. The van der Waals surface area contributed by atoms with E-state index in [0.717, 1.165) is 5.56 Å². The Kier molecular flexibility index (Phi) is 5.63. The van der Waals surface area contributed by atoms with Gasteiger partial charge in [-0.3, -0.25) is 4.79 Å². The smallest absolute Gasteiger partial charge is 0.224 e. The monoisotopic (exact) mass is 266 g/mol. The number of phenols is 1. The summed E-state index contributed by atoms with van der Waals surface area (Å²) in [6.45, 7) is 3.03. The maximum Gasteiger partial charge on any atom is 0.224 e. The Balaban J connectivity index is 2.54. The molecule has 0 radical (unpaired) electrons. The van der Waals surface area contributed by atoms with Crippen molar-refractivity contribution in [1.29, 1.82) is 0 Å². The molecule has 1 rings (SSSR count). The van der Waals surface area contributed by atoms with Gasteiger partial charge in [0.1, 0.15) is 0 Å². The van der Waals surface area contributed by atoms with Gasteiger partial charge in [0, 0.05) is 19.0 Å². The quantitative estimate of drug-likeness (QED) is 0.812. The van der Waals surface area contributed by atoms with Crippen LogP contribution in [0.15, 0.2) is 18.2 Å². The topological polar surface area (TPSA) is 61.8 Å². The van der Waals surface area contributed by atoms with Crippen molar-refractivity contribution in [1.82, 2.24) is 10.2 Å². The minimum atomic E-state index is -0.0611. The number of rotatable bonds is 6. The fourth-order valence-corrected chi connectivity index (χ4v) is 1.83. The summed E-state index contributed by atoms with van der Waals surface area (Å²) in [4.78, 5) is 13.8. The molecule has 0 aliphatic heterocycles. The first-order chi connectivity index (χ1) is 8.93. The molecule has 1 atom stereocenters. The van der Waals surface area contributed by atoms with Crippen LogP contribution in [-0.2, 0) is 11.3 Å². The second-order valence-electron chi connectivity index (χ2n) is 4.89. The molecule has 5 nitrogen and oxygen atoms in total. The summed E-state index contributed by atoms with van der Waals surface area (Å²) in [6.07, 6.45) is 0. The molecule has 0 bridgehead atoms. The number of hydrogen-bond acceptors (Lipinski definition) is 4. The molecule has 0 saturated heterocycles. The van der Waals surface area contributed by atoms with Gasteiger partial charge in [-0.05, 0) is 31.8 Å². The van der Waals surface area contributed by atoms with Crippen molar-refractivity contribution in [3.8, 4) is 11.5 Å². The van der Waals surface area contributed by atoms with Crippen LogP contribution in [0.2, 0.25) is 0 Å². The standard InChI is InChI=1S/C14H22N2O3/c1-10(9-16(2)3)14(18)15-8-11-5-6-12(17)13(7-11)19-4/h5-7,10,17H,8-9H2,1-4H3,(H,15,18). The zero-order valence-electron chi connectivity index (χ0n) is 11.9. The van der Waals surface area contributed by atoms with Crippen molar-refractivity contribution in [2.75, 3.05) is 27.7 Å². The van der Waals surface area contributed by atoms with Crippen LogP contribution >= 0.6 is 0 Å². The van der Waals surface area contributed by atoms with E-state index in [-0.39, 0.29) is 17.6 Å². The summed E-state index contributed by atoms with van der Waals surface area (Å²) in [7, 11) is 5.37. The molecule has 1 amide bonds. The van der Waals surface area contributed by atoms with Crippen LogP contribution in [0.25, 0.3) is 0 Å². The first-order valence-corrected chi connectivity index (χ1v) is 6.22. The second kappa shape index (κ2) is 6.99. The van der Waals surface area contributed by atoms with Gasteiger partial charge < -0.3 is 20.1 Å². The highest BCUT2D eigenvalue weighted by atomic mass is 16.5. The van der Waals surface area contributed by atoms with Crippen LogP contribution in [0.5, 0.6) is 11.5 Å². The van der Waals surface area contributed by atoms with E-state index in [2.05, 4.69) is 5.32 Å². The molecule has 5 heteroatoms. The van der Waals surface area contributed by atoms with Crippen molar-refractivity contribution in [3.63, 3.8) is 0 Å². The third-order valence-electron chi connectivity index (χ3n) is 2.80. The number of carbonyl (C=O) groups is 1. The van der Waals surface area contributed by atoms with E-state index in [1.165, 1.54) is 7.11 Å². The molecule has 0 aliphatic carbocycles. The number of methoxy groups -OCH3 is 1. The molecule has 0 saturated carbocycles. The van der Waals surface area contributed by atoms with Crippen LogP contribution in [0.4, 0.5) is 0 Å². The van der Waals surface area contributed by atoms with Gasteiger partial charge in [0.15, 0.2) is 11.5 Å². The molecular weight excluding hydrogens is 244 g/mol. The normalized spacial score (nSPS) is 12.3. The minimum Gasteiger partial charge on any atom is -0.504 e. The maximum absolute atomic E-state index is 11.9. The molecule has 0 aliphatic rings. The van der Waals surface area contributed by atoms with Gasteiger partial charge in [-0.25, -0.2) is 0 Å². The number of nitrogens with one attached hydrogen (secondary N) is 1. The number of aromatic hydroxyl groups is 1. The Hall–Kier alpha value is -1.75. The number of amides is 1. The Morgan fingerprint density at radius 1 is 1.47 bits per heavy atom. The van der Waals surface area contributed by atoms with E-state index in [0.29, 0.717) is 18.8 Å². The van der Waals surface area contributed by atoms with Gasteiger partial charge in [0.05, 0.1) is 7.11 Å². The predicted octanol–water partition coefficient (Wildman–Crippen LogP) is 1.21. The van der Waals surface area contributed by atoms with Crippen LogP contribution in [-0.4, -0.2) is 43.7 Å². The highest BCUT2D eigenvalue weighted by Crippen LogP contribution is 2.26. The third-order valence-corrected chi connectivity index (χ3v) is 2.80. The predicted molar refractivity (Wildman–Crippen MR) is 74.2 cm³/mol. The fraction of sp³-hybridized carbons (Fsp3) is 0.500. The third kappa shape index (κ3) is 4.79. The van der Waals surface area contributed by atoms with E-state index in [1.807, 2.05) is 25.9 Å². The molecule has 0 aromatic heterocycles. The minimum absolute atomic E-state index is 0.0146. The van der Waals surface area contributed by atoms with Crippen LogP contribution in [0.1, 0.15) is 12.5 Å². The van der Waals surface area contributed by atoms with Gasteiger partial charge in [-0.1, -0.05) is 13.0 Å². The van der Waals surface area contributed by atoms with Gasteiger partial charge in [0.2, 0.25) is 5.91 Å². The summed E-state index contributed by atoms with van der Waals surface area (Å²) >= 11 is 0. The molecule has 1 aromatic carbocycles. The van der Waals surface area contributed by atoms with Crippen molar-refractivity contribution in [2.45, 2.75) is 13.5 Å². The fourth-order valence-electron chi connectivity index (χ4n) is 1.83. The number of benzene rings is 1.